The molecule has 31 heavy (non-hydrogen) atoms. The lowest BCUT2D eigenvalue weighted by molar-refractivity contribution is -0.123. The molecule has 2 heterocycles. The molecule has 0 unspecified atom stereocenters. The number of halogens is 1. The second kappa shape index (κ2) is 10.1. The van der Waals surface area contributed by atoms with Gasteiger partial charge < -0.3 is 19.4 Å². The molecule has 0 saturated carbocycles. The highest BCUT2D eigenvalue weighted by Gasteiger charge is 2.28. The van der Waals surface area contributed by atoms with Crippen molar-refractivity contribution in [1.29, 1.82) is 0 Å². The zero-order valence-corrected chi connectivity index (χ0v) is 17.2. The van der Waals surface area contributed by atoms with Crippen LogP contribution in [0.15, 0.2) is 77.4 Å². The predicted octanol–water partition coefficient (Wildman–Crippen LogP) is 3.48. The van der Waals surface area contributed by atoms with Gasteiger partial charge in [-0.1, -0.05) is 30.3 Å². The minimum atomic E-state index is -0.204. The molecular weight excluding hydrogens is 397 g/mol. The molecule has 2 aromatic carbocycles. The van der Waals surface area contributed by atoms with Crippen molar-refractivity contribution in [2.45, 2.75) is 6.04 Å². The number of carbonyl (C=O) groups is 1. The maximum atomic E-state index is 14.1. The molecule has 1 saturated heterocycles. The minimum absolute atomic E-state index is 0.0457. The molecule has 3 aromatic rings. The fraction of sp³-hybridized carbons (Fsp3) is 0.292. The largest absolute Gasteiger partial charge is 0.484 e. The molecule has 0 spiro atoms. The molecule has 0 aliphatic carbocycles. The number of rotatable bonds is 8. The standard InChI is InChI=1S/C24H26FN3O3/c25-20-9-4-5-10-21(20)27-12-14-28(15-13-27)22(23-11-6-16-30-23)17-26-24(29)18-31-19-7-2-1-3-8-19/h1-11,16,22H,12-15,17-18H2,(H,26,29)/t22-/m1/s1. The second-order valence-electron chi connectivity index (χ2n) is 7.41. The molecular formula is C24H26FN3O3. The third-order valence-corrected chi connectivity index (χ3v) is 5.43. The number of para-hydroxylation sites is 2. The van der Waals surface area contributed by atoms with Crippen LogP contribution in [0, 0.1) is 5.82 Å². The molecule has 0 radical (unpaired) electrons. The van der Waals surface area contributed by atoms with Gasteiger partial charge in [0, 0.05) is 32.7 Å². The van der Waals surface area contributed by atoms with E-state index < -0.39 is 0 Å². The first-order valence-electron chi connectivity index (χ1n) is 10.4. The van der Waals surface area contributed by atoms with Crippen molar-refractivity contribution >= 4 is 11.6 Å². The van der Waals surface area contributed by atoms with E-state index >= 15 is 0 Å². The highest BCUT2D eigenvalue weighted by molar-refractivity contribution is 5.77. The number of amides is 1. The summed E-state index contributed by atoms with van der Waals surface area (Å²) in [6, 6.07) is 19.8. The Bertz CT molecular complexity index is 957. The molecule has 1 aromatic heterocycles. The summed E-state index contributed by atoms with van der Waals surface area (Å²) >= 11 is 0. The van der Waals surface area contributed by atoms with Gasteiger partial charge in [0.15, 0.2) is 6.61 Å². The van der Waals surface area contributed by atoms with Crippen LogP contribution in [0.4, 0.5) is 10.1 Å². The molecule has 6 nitrogen and oxygen atoms in total. The van der Waals surface area contributed by atoms with Gasteiger partial charge in [-0.05, 0) is 36.4 Å². The molecule has 1 atom stereocenters. The maximum absolute atomic E-state index is 14.1. The van der Waals surface area contributed by atoms with Gasteiger partial charge in [0.05, 0.1) is 18.0 Å². The number of nitrogens with zero attached hydrogens (tertiary/aromatic N) is 2. The molecule has 1 fully saturated rings. The van der Waals surface area contributed by atoms with Crippen LogP contribution < -0.4 is 15.0 Å². The first-order chi connectivity index (χ1) is 15.2. The molecule has 0 bridgehead atoms. The zero-order chi connectivity index (χ0) is 21.5. The summed E-state index contributed by atoms with van der Waals surface area (Å²) in [5, 5.41) is 2.95. The van der Waals surface area contributed by atoms with Crippen LogP contribution >= 0.6 is 0 Å². The molecule has 4 rings (SSSR count). The lowest BCUT2D eigenvalue weighted by Gasteiger charge is -2.39. The van der Waals surface area contributed by atoms with Crippen LogP contribution in [-0.4, -0.2) is 50.1 Å². The van der Waals surface area contributed by atoms with E-state index in [2.05, 4.69) is 15.1 Å². The van der Waals surface area contributed by atoms with Crippen molar-refractivity contribution in [3.8, 4) is 5.75 Å². The number of nitrogens with one attached hydrogen (secondary N) is 1. The topological polar surface area (TPSA) is 58.0 Å². The Morgan fingerprint density at radius 2 is 1.74 bits per heavy atom. The molecule has 1 aliphatic rings. The van der Waals surface area contributed by atoms with Gasteiger partial charge in [0.1, 0.15) is 17.3 Å². The Balaban J connectivity index is 1.33. The zero-order valence-electron chi connectivity index (χ0n) is 17.2. The van der Waals surface area contributed by atoms with E-state index in [1.807, 2.05) is 54.6 Å². The first kappa shape index (κ1) is 20.9. The number of hydrogen-bond donors (Lipinski definition) is 1. The Kier molecular flexibility index (Phi) is 6.84. The van der Waals surface area contributed by atoms with Gasteiger partial charge in [-0.15, -0.1) is 0 Å². The monoisotopic (exact) mass is 423 g/mol. The summed E-state index contributed by atoms with van der Waals surface area (Å²) in [6.45, 7) is 3.22. The number of furan rings is 1. The van der Waals surface area contributed by atoms with Gasteiger partial charge in [0.25, 0.3) is 5.91 Å². The molecule has 162 valence electrons. The van der Waals surface area contributed by atoms with Crippen molar-refractivity contribution in [3.63, 3.8) is 0 Å². The van der Waals surface area contributed by atoms with E-state index in [1.165, 1.54) is 6.07 Å². The van der Waals surface area contributed by atoms with Crippen molar-refractivity contribution < 1.29 is 18.3 Å². The van der Waals surface area contributed by atoms with Crippen LogP contribution in [0.25, 0.3) is 0 Å². The lowest BCUT2D eigenvalue weighted by atomic mass is 10.1. The molecule has 1 aliphatic heterocycles. The molecule has 7 heteroatoms. The van der Waals surface area contributed by atoms with Crippen LogP contribution in [0.5, 0.6) is 5.75 Å². The quantitative estimate of drug-likeness (QED) is 0.601. The molecule has 1 amide bonds. The van der Waals surface area contributed by atoms with Gasteiger partial charge >= 0.3 is 0 Å². The summed E-state index contributed by atoms with van der Waals surface area (Å²) in [6.07, 6.45) is 1.64. The maximum Gasteiger partial charge on any atom is 0.258 e. The van der Waals surface area contributed by atoms with E-state index in [0.717, 1.165) is 18.8 Å². The average molecular weight is 423 g/mol. The van der Waals surface area contributed by atoms with E-state index in [9.17, 15) is 9.18 Å². The van der Waals surface area contributed by atoms with E-state index in [4.69, 9.17) is 9.15 Å². The molecule has 1 N–H and O–H groups in total. The normalized spacial score (nSPS) is 15.5. The van der Waals surface area contributed by atoms with Crippen molar-refractivity contribution in [1.82, 2.24) is 10.2 Å². The first-order valence-corrected chi connectivity index (χ1v) is 10.4. The number of ether oxygens (including phenoxy) is 1. The summed E-state index contributed by atoms with van der Waals surface area (Å²) in [7, 11) is 0. The van der Waals surface area contributed by atoms with Gasteiger partial charge in [-0.2, -0.15) is 0 Å². The second-order valence-corrected chi connectivity index (χ2v) is 7.41. The Labute approximate surface area is 181 Å². The predicted molar refractivity (Wildman–Crippen MR) is 117 cm³/mol. The average Bonchev–Trinajstić information content (AvgIpc) is 3.34. The van der Waals surface area contributed by atoms with Gasteiger partial charge in [0.2, 0.25) is 0 Å². The summed E-state index contributed by atoms with van der Waals surface area (Å²) in [4.78, 5) is 16.6. The van der Waals surface area contributed by atoms with E-state index in [-0.39, 0.29) is 24.4 Å². The van der Waals surface area contributed by atoms with Gasteiger partial charge in [-0.25, -0.2) is 4.39 Å². The van der Waals surface area contributed by atoms with Crippen molar-refractivity contribution in [2.24, 2.45) is 0 Å². The lowest BCUT2D eigenvalue weighted by Crippen LogP contribution is -2.50. The number of benzene rings is 2. The fourth-order valence-corrected chi connectivity index (χ4v) is 3.80. The van der Waals surface area contributed by atoms with Gasteiger partial charge in [-0.3, -0.25) is 9.69 Å². The smallest absolute Gasteiger partial charge is 0.258 e. The van der Waals surface area contributed by atoms with Crippen molar-refractivity contribution in [3.05, 3.63) is 84.6 Å². The van der Waals surface area contributed by atoms with Crippen molar-refractivity contribution in [2.75, 3.05) is 44.2 Å². The van der Waals surface area contributed by atoms with Crippen LogP contribution in [0.3, 0.4) is 0 Å². The third kappa shape index (κ3) is 5.44. The summed E-state index contributed by atoms with van der Waals surface area (Å²) in [5.41, 5.74) is 0.628. The van der Waals surface area contributed by atoms with E-state index in [1.54, 1.807) is 12.3 Å². The Hall–Kier alpha value is -3.32. The third-order valence-electron chi connectivity index (χ3n) is 5.43. The Morgan fingerprint density at radius 1 is 1.00 bits per heavy atom. The highest BCUT2D eigenvalue weighted by atomic mass is 19.1. The minimum Gasteiger partial charge on any atom is -0.484 e. The Morgan fingerprint density at radius 3 is 2.45 bits per heavy atom. The summed E-state index contributed by atoms with van der Waals surface area (Å²) < 4.78 is 25.3. The summed E-state index contributed by atoms with van der Waals surface area (Å²) in [5.74, 6) is 1.06. The number of carbonyl (C=O) groups excluding carboxylic acids is 1. The fourth-order valence-electron chi connectivity index (χ4n) is 3.80. The van der Waals surface area contributed by atoms with Crippen LogP contribution in [-0.2, 0) is 4.79 Å². The van der Waals surface area contributed by atoms with E-state index in [0.29, 0.717) is 31.1 Å². The number of anilines is 1. The number of hydrogen-bond acceptors (Lipinski definition) is 5. The van der Waals surface area contributed by atoms with Crippen LogP contribution in [0.2, 0.25) is 0 Å². The van der Waals surface area contributed by atoms with Crippen LogP contribution in [0.1, 0.15) is 11.8 Å². The number of piperazine rings is 1. The SMILES string of the molecule is O=C(COc1ccccc1)NC[C@H](c1ccco1)N1CCN(c2ccccc2F)CC1. The highest BCUT2D eigenvalue weighted by Crippen LogP contribution is 2.25.